The summed E-state index contributed by atoms with van der Waals surface area (Å²) in [6.07, 6.45) is 3.13. The van der Waals surface area contributed by atoms with Gasteiger partial charge in [0.25, 0.3) is 0 Å². The molecule has 1 saturated heterocycles. The quantitative estimate of drug-likeness (QED) is 0.701. The highest BCUT2D eigenvalue weighted by Crippen LogP contribution is 2.23. The maximum Gasteiger partial charge on any atom is 0.330 e. The van der Waals surface area contributed by atoms with Crippen molar-refractivity contribution >= 4 is 11.7 Å². The summed E-state index contributed by atoms with van der Waals surface area (Å²) in [6, 6.07) is 3.19. The molecule has 1 aromatic heterocycles. The lowest BCUT2D eigenvalue weighted by molar-refractivity contribution is -0.144. The van der Waals surface area contributed by atoms with Crippen molar-refractivity contribution < 1.29 is 14.3 Å². The maximum atomic E-state index is 11.7. The largest absolute Gasteiger partial charge is 0.467 e. The van der Waals surface area contributed by atoms with Gasteiger partial charge in [-0.05, 0) is 6.07 Å². The average molecular weight is 247 g/mol. The van der Waals surface area contributed by atoms with Crippen LogP contribution in [0.3, 0.4) is 0 Å². The topological polar surface area (TPSA) is 75.5 Å². The molecular formula is C12H13N3O3. The Morgan fingerprint density at radius 1 is 1.72 bits per heavy atom. The van der Waals surface area contributed by atoms with Crippen LogP contribution in [0.25, 0.3) is 0 Å². The van der Waals surface area contributed by atoms with Gasteiger partial charge in [-0.1, -0.05) is 0 Å². The zero-order chi connectivity index (χ0) is 13.0. The Labute approximate surface area is 105 Å². The fraction of sp³-hybridized carbons (Fsp3) is 0.417. The first kappa shape index (κ1) is 12.3. The number of hydrogen-bond acceptors (Lipinski definition) is 6. The van der Waals surface area contributed by atoms with Gasteiger partial charge < -0.3 is 14.4 Å². The van der Waals surface area contributed by atoms with Crippen molar-refractivity contribution in [2.75, 3.05) is 31.8 Å². The molecular weight excluding hydrogens is 234 g/mol. The van der Waals surface area contributed by atoms with Gasteiger partial charge in [0.2, 0.25) is 0 Å². The number of morpholine rings is 1. The van der Waals surface area contributed by atoms with E-state index < -0.39 is 6.04 Å². The maximum absolute atomic E-state index is 11.7. The minimum absolute atomic E-state index is 0.256. The van der Waals surface area contributed by atoms with Crippen molar-refractivity contribution in [2.24, 2.45) is 0 Å². The van der Waals surface area contributed by atoms with E-state index in [-0.39, 0.29) is 12.6 Å². The van der Waals surface area contributed by atoms with Crippen molar-refractivity contribution in [2.45, 2.75) is 6.04 Å². The van der Waals surface area contributed by atoms with E-state index in [0.29, 0.717) is 24.4 Å². The Hall–Kier alpha value is -2.13. The van der Waals surface area contributed by atoms with Crippen LogP contribution < -0.4 is 4.90 Å². The third-order valence-electron chi connectivity index (χ3n) is 2.83. The molecule has 0 aromatic carbocycles. The first-order valence-electron chi connectivity index (χ1n) is 5.54. The minimum atomic E-state index is -0.528. The van der Waals surface area contributed by atoms with Gasteiger partial charge in [0.05, 0.1) is 37.8 Å². The smallest absolute Gasteiger partial charge is 0.330 e. The van der Waals surface area contributed by atoms with Crippen molar-refractivity contribution in [3.63, 3.8) is 0 Å². The first-order valence-corrected chi connectivity index (χ1v) is 5.54. The molecule has 1 unspecified atom stereocenters. The van der Waals surface area contributed by atoms with Crippen molar-refractivity contribution in [1.29, 1.82) is 5.26 Å². The van der Waals surface area contributed by atoms with E-state index in [1.807, 2.05) is 0 Å². The van der Waals surface area contributed by atoms with Crippen LogP contribution in [0.1, 0.15) is 5.56 Å². The normalized spacial score (nSPS) is 19.1. The van der Waals surface area contributed by atoms with E-state index in [0.717, 1.165) is 0 Å². The molecule has 94 valence electrons. The van der Waals surface area contributed by atoms with Crippen LogP contribution in [0.5, 0.6) is 0 Å². The summed E-state index contributed by atoms with van der Waals surface area (Å²) in [5.74, 6) is -0.373. The molecule has 6 heteroatoms. The van der Waals surface area contributed by atoms with E-state index >= 15 is 0 Å². The monoisotopic (exact) mass is 247 g/mol. The Kier molecular flexibility index (Phi) is 3.75. The molecule has 2 heterocycles. The van der Waals surface area contributed by atoms with Gasteiger partial charge in [0, 0.05) is 12.7 Å². The standard InChI is InChI=1S/C12H13N3O3/c1-17-12(16)11-8-18-5-4-15(11)10-7-14-3-2-9(10)6-13/h2-3,7,11H,4-5,8H2,1H3. The van der Waals surface area contributed by atoms with Gasteiger partial charge in [0.1, 0.15) is 6.07 Å². The van der Waals surface area contributed by atoms with Gasteiger partial charge in [-0.15, -0.1) is 0 Å². The van der Waals surface area contributed by atoms with Crippen LogP contribution in [0.2, 0.25) is 0 Å². The molecule has 0 saturated carbocycles. The van der Waals surface area contributed by atoms with E-state index in [2.05, 4.69) is 11.1 Å². The number of pyridine rings is 1. The van der Waals surface area contributed by atoms with Crippen LogP contribution in [-0.2, 0) is 14.3 Å². The number of rotatable bonds is 2. The lowest BCUT2D eigenvalue weighted by Gasteiger charge is -2.35. The zero-order valence-corrected chi connectivity index (χ0v) is 10.00. The molecule has 6 nitrogen and oxygen atoms in total. The Morgan fingerprint density at radius 2 is 2.56 bits per heavy atom. The first-order chi connectivity index (χ1) is 8.77. The third-order valence-corrected chi connectivity index (χ3v) is 2.83. The molecule has 1 aromatic rings. The van der Waals surface area contributed by atoms with E-state index in [1.165, 1.54) is 7.11 Å². The number of nitrogens with zero attached hydrogens (tertiary/aromatic N) is 3. The summed E-state index contributed by atoms with van der Waals surface area (Å²) in [4.78, 5) is 17.5. The summed E-state index contributed by atoms with van der Waals surface area (Å²) < 4.78 is 10.0. The highest BCUT2D eigenvalue weighted by molar-refractivity contribution is 5.81. The molecule has 1 aliphatic heterocycles. The predicted molar refractivity (Wildman–Crippen MR) is 62.9 cm³/mol. The Morgan fingerprint density at radius 3 is 3.28 bits per heavy atom. The zero-order valence-electron chi connectivity index (χ0n) is 10.00. The summed E-state index contributed by atoms with van der Waals surface area (Å²) in [5.41, 5.74) is 1.12. The molecule has 0 bridgehead atoms. The highest BCUT2D eigenvalue weighted by atomic mass is 16.5. The molecule has 1 atom stereocenters. The lowest BCUT2D eigenvalue weighted by atomic mass is 10.1. The van der Waals surface area contributed by atoms with Gasteiger partial charge in [-0.3, -0.25) is 4.98 Å². The number of anilines is 1. The second-order valence-corrected chi connectivity index (χ2v) is 3.81. The molecule has 18 heavy (non-hydrogen) atoms. The number of carbonyl (C=O) groups is 1. The molecule has 0 N–H and O–H groups in total. The van der Waals surface area contributed by atoms with Gasteiger partial charge in [-0.2, -0.15) is 5.26 Å². The minimum Gasteiger partial charge on any atom is -0.467 e. The summed E-state index contributed by atoms with van der Waals surface area (Å²) in [6.45, 7) is 1.29. The molecule has 0 aliphatic carbocycles. The SMILES string of the molecule is COC(=O)C1COCCN1c1cnccc1C#N. The Balaban J connectivity index is 2.34. The number of nitriles is 1. The summed E-state index contributed by atoms with van der Waals surface area (Å²) in [7, 11) is 1.34. The Bertz CT molecular complexity index is 484. The lowest BCUT2D eigenvalue weighted by Crippen LogP contribution is -2.50. The number of ether oxygens (including phenoxy) is 2. The molecule has 0 radical (unpaired) electrons. The van der Waals surface area contributed by atoms with Crippen LogP contribution in [0, 0.1) is 11.3 Å². The molecule has 2 rings (SSSR count). The van der Waals surface area contributed by atoms with E-state index in [4.69, 9.17) is 14.7 Å². The van der Waals surface area contributed by atoms with E-state index in [1.54, 1.807) is 23.4 Å². The third kappa shape index (κ3) is 2.26. The molecule has 1 aliphatic rings. The summed E-state index contributed by atoms with van der Waals surface area (Å²) in [5, 5.41) is 9.08. The van der Waals surface area contributed by atoms with Crippen LogP contribution >= 0.6 is 0 Å². The number of methoxy groups -OCH3 is 1. The molecule has 0 amide bonds. The van der Waals surface area contributed by atoms with Gasteiger partial charge in [-0.25, -0.2) is 4.79 Å². The fourth-order valence-corrected chi connectivity index (χ4v) is 1.93. The predicted octanol–water partition coefficient (Wildman–Crippen LogP) is 0.331. The number of esters is 1. The fourth-order valence-electron chi connectivity index (χ4n) is 1.93. The summed E-state index contributed by atoms with van der Waals surface area (Å²) >= 11 is 0. The van der Waals surface area contributed by atoms with Crippen LogP contribution in [0.4, 0.5) is 5.69 Å². The number of aromatic nitrogens is 1. The number of hydrogen-bond donors (Lipinski definition) is 0. The van der Waals surface area contributed by atoms with Crippen molar-refractivity contribution in [3.8, 4) is 6.07 Å². The molecule has 0 spiro atoms. The second-order valence-electron chi connectivity index (χ2n) is 3.81. The van der Waals surface area contributed by atoms with Gasteiger partial charge in [0.15, 0.2) is 6.04 Å². The van der Waals surface area contributed by atoms with Gasteiger partial charge >= 0.3 is 5.97 Å². The average Bonchev–Trinajstić information content (AvgIpc) is 2.46. The van der Waals surface area contributed by atoms with Crippen molar-refractivity contribution in [1.82, 2.24) is 4.98 Å². The van der Waals surface area contributed by atoms with Crippen LogP contribution in [-0.4, -0.2) is 43.9 Å². The van der Waals surface area contributed by atoms with Crippen molar-refractivity contribution in [3.05, 3.63) is 24.0 Å². The second kappa shape index (κ2) is 5.47. The van der Waals surface area contributed by atoms with Crippen LogP contribution in [0.15, 0.2) is 18.5 Å². The highest BCUT2D eigenvalue weighted by Gasteiger charge is 2.31. The van der Waals surface area contributed by atoms with E-state index in [9.17, 15) is 4.79 Å². The number of carbonyl (C=O) groups excluding carboxylic acids is 1. The molecule has 1 fully saturated rings.